The van der Waals surface area contributed by atoms with Gasteiger partial charge in [-0.3, -0.25) is 4.79 Å². The number of hydrogen-bond acceptors (Lipinski definition) is 4. The summed E-state index contributed by atoms with van der Waals surface area (Å²) in [7, 11) is 0. The van der Waals surface area contributed by atoms with Gasteiger partial charge in [0.1, 0.15) is 11.6 Å². The standard InChI is InChI=1S/C20H22FNO4/c1-14-5-3-4-6-16(14)11-12-22-19(23)13-25-20(24)15(2)26-18-9-7-17(21)8-10-18/h3-10,15H,11-13H2,1-2H3,(H,22,23)/t15-/m0/s1. The lowest BCUT2D eigenvalue weighted by Gasteiger charge is -2.14. The predicted octanol–water partition coefficient (Wildman–Crippen LogP) is 2.80. The Labute approximate surface area is 152 Å². The third kappa shape index (κ3) is 6.20. The number of hydrogen-bond donors (Lipinski definition) is 1. The van der Waals surface area contributed by atoms with Crippen LogP contribution in [0.1, 0.15) is 18.1 Å². The average molecular weight is 359 g/mol. The first-order chi connectivity index (χ1) is 12.5. The number of aryl methyl sites for hydroxylation is 1. The van der Waals surface area contributed by atoms with Crippen LogP contribution in [0.15, 0.2) is 48.5 Å². The van der Waals surface area contributed by atoms with Crippen molar-refractivity contribution in [3.05, 3.63) is 65.5 Å². The highest BCUT2D eigenvalue weighted by molar-refractivity contribution is 5.81. The van der Waals surface area contributed by atoms with Crippen LogP contribution in [-0.2, 0) is 20.7 Å². The summed E-state index contributed by atoms with van der Waals surface area (Å²) in [5.74, 6) is -1.09. The van der Waals surface area contributed by atoms with Gasteiger partial charge in [0.05, 0.1) is 0 Å². The maximum Gasteiger partial charge on any atom is 0.347 e. The van der Waals surface area contributed by atoms with Crippen molar-refractivity contribution >= 4 is 11.9 Å². The zero-order chi connectivity index (χ0) is 18.9. The monoisotopic (exact) mass is 359 g/mol. The molecule has 138 valence electrons. The molecule has 1 amide bonds. The second-order valence-electron chi connectivity index (χ2n) is 5.85. The van der Waals surface area contributed by atoms with Crippen LogP contribution in [0.4, 0.5) is 4.39 Å². The van der Waals surface area contributed by atoms with E-state index in [1.165, 1.54) is 36.8 Å². The molecule has 0 saturated heterocycles. The highest BCUT2D eigenvalue weighted by atomic mass is 19.1. The van der Waals surface area contributed by atoms with E-state index in [0.29, 0.717) is 18.7 Å². The van der Waals surface area contributed by atoms with E-state index >= 15 is 0 Å². The van der Waals surface area contributed by atoms with Crippen LogP contribution in [-0.4, -0.2) is 31.1 Å². The van der Waals surface area contributed by atoms with E-state index in [9.17, 15) is 14.0 Å². The first-order valence-corrected chi connectivity index (χ1v) is 8.36. The number of halogens is 1. The fourth-order valence-corrected chi connectivity index (χ4v) is 2.30. The Morgan fingerprint density at radius 1 is 1.12 bits per heavy atom. The van der Waals surface area contributed by atoms with Gasteiger partial charge in [-0.15, -0.1) is 0 Å². The minimum atomic E-state index is -0.903. The molecule has 0 aliphatic rings. The normalized spacial score (nSPS) is 11.5. The summed E-state index contributed by atoms with van der Waals surface area (Å²) in [4.78, 5) is 23.6. The SMILES string of the molecule is Cc1ccccc1CCNC(=O)COC(=O)[C@H](C)Oc1ccc(F)cc1. The van der Waals surface area contributed by atoms with Gasteiger partial charge in [-0.25, -0.2) is 9.18 Å². The van der Waals surface area contributed by atoms with Crippen LogP contribution >= 0.6 is 0 Å². The fourth-order valence-electron chi connectivity index (χ4n) is 2.30. The Morgan fingerprint density at radius 2 is 1.81 bits per heavy atom. The highest BCUT2D eigenvalue weighted by Gasteiger charge is 2.17. The van der Waals surface area contributed by atoms with E-state index < -0.39 is 17.9 Å². The second kappa shape index (κ2) is 9.56. The number of rotatable bonds is 8. The molecular formula is C20H22FNO4. The van der Waals surface area contributed by atoms with E-state index in [2.05, 4.69) is 5.32 Å². The fraction of sp³-hybridized carbons (Fsp3) is 0.300. The lowest BCUT2D eigenvalue weighted by atomic mass is 10.1. The second-order valence-corrected chi connectivity index (χ2v) is 5.85. The minimum absolute atomic E-state index is 0.346. The summed E-state index contributed by atoms with van der Waals surface area (Å²) in [5, 5.41) is 2.71. The molecule has 6 heteroatoms. The van der Waals surface area contributed by atoms with Crippen molar-refractivity contribution in [3.8, 4) is 5.75 Å². The van der Waals surface area contributed by atoms with Gasteiger partial charge in [0.15, 0.2) is 12.7 Å². The van der Waals surface area contributed by atoms with E-state index in [-0.39, 0.29) is 12.5 Å². The largest absolute Gasteiger partial charge is 0.479 e. The maximum atomic E-state index is 12.8. The molecule has 0 unspecified atom stereocenters. The number of carbonyl (C=O) groups excluding carboxylic acids is 2. The Bertz CT molecular complexity index is 746. The first-order valence-electron chi connectivity index (χ1n) is 8.36. The van der Waals surface area contributed by atoms with Crippen LogP contribution in [0.25, 0.3) is 0 Å². The molecule has 0 heterocycles. The van der Waals surface area contributed by atoms with Crippen LogP contribution < -0.4 is 10.1 Å². The lowest BCUT2D eigenvalue weighted by Crippen LogP contribution is -2.33. The van der Waals surface area contributed by atoms with Crippen LogP contribution in [0, 0.1) is 12.7 Å². The van der Waals surface area contributed by atoms with Gasteiger partial charge >= 0.3 is 5.97 Å². The molecule has 0 saturated carbocycles. The summed E-state index contributed by atoms with van der Waals surface area (Å²) in [6.07, 6.45) is -0.198. The topological polar surface area (TPSA) is 64.6 Å². The number of ether oxygens (including phenoxy) is 2. The zero-order valence-electron chi connectivity index (χ0n) is 14.8. The molecule has 0 spiro atoms. The molecule has 0 bridgehead atoms. The molecule has 0 radical (unpaired) electrons. The Hall–Kier alpha value is -2.89. The number of amides is 1. The number of benzene rings is 2. The first kappa shape index (κ1) is 19.4. The molecule has 26 heavy (non-hydrogen) atoms. The molecule has 5 nitrogen and oxygen atoms in total. The molecule has 0 fully saturated rings. The molecule has 1 atom stereocenters. The van der Waals surface area contributed by atoms with Crippen LogP contribution in [0.3, 0.4) is 0 Å². The number of carbonyl (C=O) groups is 2. The van der Waals surface area contributed by atoms with Crippen molar-refractivity contribution in [1.29, 1.82) is 0 Å². The maximum absolute atomic E-state index is 12.8. The summed E-state index contributed by atoms with van der Waals surface area (Å²) in [6.45, 7) is 3.61. The smallest absolute Gasteiger partial charge is 0.347 e. The van der Waals surface area contributed by atoms with Gasteiger partial charge < -0.3 is 14.8 Å². The molecule has 0 aliphatic heterocycles. The number of nitrogens with one attached hydrogen (secondary N) is 1. The van der Waals surface area contributed by atoms with Crippen molar-refractivity contribution in [3.63, 3.8) is 0 Å². The van der Waals surface area contributed by atoms with Crippen molar-refractivity contribution in [2.75, 3.05) is 13.2 Å². The highest BCUT2D eigenvalue weighted by Crippen LogP contribution is 2.13. The zero-order valence-corrected chi connectivity index (χ0v) is 14.8. The molecular weight excluding hydrogens is 337 g/mol. The van der Waals surface area contributed by atoms with Crippen molar-refractivity contribution in [2.24, 2.45) is 0 Å². The number of esters is 1. The Morgan fingerprint density at radius 3 is 2.50 bits per heavy atom. The van der Waals surface area contributed by atoms with Crippen LogP contribution in [0.2, 0.25) is 0 Å². The van der Waals surface area contributed by atoms with Crippen LogP contribution in [0.5, 0.6) is 5.75 Å². The van der Waals surface area contributed by atoms with Crippen molar-refractivity contribution in [2.45, 2.75) is 26.4 Å². The van der Waals surface area contributed by atoms with E-state index in [1.807, 2.05) is 31.2 Å². The Balaban J connectivity index is 1.68. The van der Waals surface area contributed by atoms with Gasteiger partial charge in [0.25, 0.3) is 5.91 Å². The molecule has 0 aliphatic carbocycles. The van der Waals surface area contributed by atoms with Crippen molar-refractivity contribution < 1.29 is 23.5 Å². The van der Waals surface area contributed by atoms with E-state index in [1.54, 1.807) is 0 Å². The van der Waals surface area contributed by atoms with Gasteiger partial charge in [0.2, 0.25) is 0 Å². The minimum Gasteiger partial charge on any atom is -0.479 e. The average Bonchev–Trinajstić information content (AvgIpc) is 2.63. The predicted molar refractivity (Wildman–Crippen MR) is 95.3 cm³/mol. The van der Waals surface area contributed by atoms with E-state index in [0.717, 1.165) is 5.56 Å². The van der Waals surface area contributed by atoms with Crippen molar-refractivity contribution in [1.82, 2.24) is 5.32 Å². The van der Waals surface area contributed by atoms with Gasteiger partial charge in [-0.1, -0.05) is 24.3 Å². The molecule has 1 N–H and O–H groups in total. The Kier molecular flexibility index (Phi) is 7.14. The van der Waals surface area contributed by atoms with Gasteiger partial charge in [-0.2, -0.15) is 0 Å². The van der Waals surface area contributed by atoms with Gasteiger partial charge in [-0.05, 0) is 55.7 Å². The van der Waals surface area contributed by atoms with Gasteiger partial charge in [0, 0.05) is 6.54 Å². The molecule has 2 aromatic rings. The summed E-state index contributed by atoms with van der Waals surface area (Å²) >= 11 is 0. The third-order valence-corrected chi connectivity index (χ3v) is 3.78. The molecule has 0 aromatic heterocycles. The summed E-state index contributed by atoms with van der Waals surface area (Å²) in [5.41, 5.74) is 2.33. The third-order valence-electron chi connectivity index (χ3n) is 3.78. The lowest BCUT2D eigenvalue weighted by molar-refractivity contribution is -0.154. The summed E-state index contributed by atoms with van der Waals surface area (Å²) < 4.78 is 23.1. The quantitative estimate of drug-likeness (QED) is 0.736. The molecule has 2 rings (SSSR count). The molecule has 2 aromatic carbocycles. The van der Waals surface area contributed by atoms with E-state index in [4.69, 9.17) is 9.47 Å². The summed E-state index contributed by atoms with van der Waals surface area (Å²) in [6, 6.07) is 13.2.